The highest BCUT2D eigenvalue weighted by atomic mass is 15.2. The number of hydrogen-bond acceptors (Lipinski definition) is 1. The maximum Gasteiger partial charge on any atom is 0.0174 e. The molecule has 11 heavy (non-hydrogen) atoms. The summed E-state index contributed by atoms with van der Waals surface area (Å²) in [4.78, 5) is 2.44. The van der Waals surface area contributed by atoms with Crippen molar-refractivity contribution in [3.8, 4) is 0 Å². The maximum atomic E-state index is 2.44. The lowest BCUT2D eigenvalue weighted by Gasteiger charge is -2.33. The topological polar surface area (TPSA) is 3.24 Å². The van der Waals surface area contributed by atoms with Crippen molar-refractivity contribution in [3.05, 3.63) is 24.3 Å². The Morgan fingerprint density at radius 3 is 1.82 bits per heavy atom. The highest BCUT2D eigenvalue weighted by Gasteiger charge is 2.18. The second kappa shape index (κ2) is 3.22. The van der Waals surface area contributed by atoms with Gasteiger partial charge >= 0.3 is 0 Å². The molecule has 0 N–H and O–H groups in total. The zero-order valence-electron chi connectivity index (χ0n) is 7.67. The number of allylic oxidation sites excluding steroid dienone is 2. The molecule has 1 rings (SSSR count). The third-order valence-corrected chi connectivity index (χ3v) is 1.98. The smallest absolute Gasteiger partial charge is 0.0174 e. The Morgan fingerprint density at radius 2 is 1.45 bits per heavy atom. The summed E-state index contributed by atoms with van der Waals surface area (Å²) in [7, 11) is 0. The molecule has 0 saturated heterocycles. The molecule has 0 aromatic heterocycles. The molecule has 0 aliphatic carbocycles. The molecule has 1 heterocycles. The Hall–Kier alpha value is -0.560. The van der Waals surface area contributed by atoms with E-state index in [0.29, 0.717) is 5.54 Å². The van der Waals surface area contributed by atoms with Crippen LogP contribution >= 0.6 is 0 Å². The van der Waals surface area contributed by atoms with Crippen LogP contribution in [0.3, 0.4) is 0 Å². The van der Waals surface area contributed by atoms with Crippen molar-refractivity contribution >= 4 is 0 Å². The lowest BCUT2D eigenvalue weighted by atomic mass is 10.1. The van der Waals surface area contributed by atoms with Gasteiger partial charge in [0, 0.05) is 18.6 Å². The van der Waals surface area contributed by atoms with E-state index >= 15 is 0 Å². The van der Waals surface area contributed by atoms with Gasteiger partial charge in [-0.3, -0.25) is 4.90 Å². The molecule has 0 spiro atoms. The van der Waals surface area contributed by atoms with Gasteiger partial charge in [-0.15, -0.1) is 0 Å². The molecule has 0 aromatic carbocycles. The van der Waals surface area contributed by atoms with Crippen LogP contribution in [0.4, 0.5) is 0 Å². The van der Waals surface area contributed by atoms with Gasteiger partial charge < -0.3 is 0 Å². The molecule has 0 bridgehead atoms. The minimum Gasteiger partial charge on any atom is -0.291 e. The molecule has 1 aliphatic rings. The highest BCUT2D eigenvalue weighted by Crippen LogP contribution is 2.13. The van der Waals surface area contributed by atoms with Crippen LogP contribution in [0.1, 0.15) is 20.8 Å². The molecular formula is C10H17N. The first kappa shape index (κ1) is 8.54. The van der Waals surface area contributed by atoms with Gasteiger partial charge in [-0.25, -0.2) is 0 Å². The van der Waals surface area contributed by atoms with Gasteiger partial charge in [0.2, 0.25) is 0 Å². The van der Waals surface area contributed by atoms with Gasteiger partial charge in [0.25, 0.3) is 0 Å². The van der Waals surface area contributed by atoms with E-state index in [0.717, 1.165) is 13.1 Å². The van der Waals surface area contributed by atoms with Crippen molar-refractivity contribution in [2.24, 2.45) is 0 Å². The zero-order valence-corrected chi connectivity index (χ0v) is 7.67. The van der Waals surface area contributed by atoms with Crippen molar-refractivity contribution in [3.63, 3.8) is 0 Å². The Balaban J connectivity index is 2.60. The SMILES string of the molecule is CC(C)(C)N1CC=CC=CC1. The minimum atomic E-state index is 0.291. The van der Waals surface area contributed by atoms with Crippen LogP contribution in [0, 0.1) is 0 Å². The van der Waals surface area contributed by atoms with Crippen molar-refractivity contribution < 1.29 is 0 Å². The lowest BCUT2D eigenvalue weighted by Crippen LogP contribution is -2.41. The van der Waals surface area contributed by atoms with Gasteiger partial charge in [-0.05, 0) is 20.8 Å². The molecule has 1 nitrogen and oxygen atoms in total. The fraction of sp³-hybridized carbons (Fsp3) is 0.600. The molecule has 0 radical (unpaired) electrons. The van der Waals surface area contributed by atoms with Crippen LogP contribution in [0.25, 0.3) is 0 Å². The minimum absolute atomic E-state index is 0.291. The largest absolute Gasteiger partial charge is 0.291 e. The zero-order chi connectivity index (χ0) is 8.32. The van der Waals surface area contributed by atoms with Crippen molar-refractivity contribution in [1.29, 1.82) is 0 Å². The molecular weight excluding hydrogens is 134 g/mol. The van der Waals surface area contributed by atoms with Crippen LogP contribution < -0.4 is 0 Å². The first-order chi connectivity index (χ1) is 5.11. The predicted octanol–water partition coefficient (Wildman–Crippen LogP) is 2.21. The first-order valence-corrected chi connectivity index (χ1v) is 4.17. The first-order valence-electron chi connectivity index (χ1n) is 4.17. The predicted molar refractivity (Wildman–Crippen MR) is 49.6 cm³/mol. The van der Waals surface area contributed by atoms with Crippen LogP contribution in [-0.4, -0.2) is 23.5 Å². The van der Waals surface area contributed by atoms with E-state index in [9.17, 15) is 0 Å². The second-order valence-electron chi connectivity index (χ2n) is 3.93. The van der Waals surface area contributed by atoms with Crippen LogP contribution in [-0.2, 0) is 0 Å². The molecule has 62 valence electrons. The molecule has 0 fully saturated rings. The summed E-state index contributed by atoms with van der Waals surface area (Å²) in [6.45, 7) is 8.88. The van der Waals surface area contributed by atoms with Crippen molar-refractivity contribution in [2.75, 3.05) is 13.1 Å². The monoisotopic (exact) mass is 151 g/mol. The standard InChI is InChI=1S/C10H17N/c1-10(2,3)11-8-6-4-5-7-9-11/h4-7H,8-9H2,1-3H3. The number of rotatable bonds is 0. The normalized spacial score (nSPS) is 20.3. The van der Waals surface area contributed by atoms with Gasteiger partial charge in [0.15, 0.2) is 0 Å². The lowest BCUT2D eigenvalue weighted by molar-refractivity contribution is 0.173. The fourth-order valence-corrected chi connectivity index (χ4v) is 1.16. The van der Waals surface area contributed by atoms with Crippen molar-refractivity contribution in [2.45, 2.75) is 26.3 Å². The van der Waals surface area contributed by atoms with E-state index in [1.807, 2.05) is 0 Å². The van der Waals surface area contributed by atoms with Crippen LogP contribution in [0.5, 0.6) is 0 Å². The molecule has 0 saturated carbocycles. The van der Waals surface area contributed by atoms with Gasteiger partial charge in [0.1, 0.15) is 0 Å². The van der Waals surface area contributed by atoms with Gasteiger partial charge in [0.05, 0.1) is 0 Å². The molecule has 0 unspecified atom stereocenters. The summed E-state index contributed by atoms with van der Waals surface area (Å²) in [5, 5.41) is 0. The molecule has 0 atom stereocenters. The molecule has 0 amide bonds. The van der Waals surface area contributed by atoms with E-state index in [-0.39, 0.29) is 0 Å². The summed E-state index contributed by atoms with van der Waals surface area (Å²) in [5.74, 6) is 0. The van der Waals surface area contributed by atoms with E-state index in [4.69, 9.17) is 0 Å². The van der Waals surface area contributed by atoms with Gasteiger partial charge in [-0.2, -0.15) is 0 Å². The van der Waals surface area contributed by atoms with E-state index in [1.165, 1.54) is 0 Å². The quantitative estimate of drug-likeness (QED) is 0.513. The second-order valence-corrected chi connectivity index (χ2v) is 3.93. The van der Waals surface area contributed by atoms with Crippen LogP contribution in [0.2, 0.25) is 0 Å². The summed E-state index contributed by atoms with van der Waals surface area (Å²) >= 11 is 0. The molecule has 1 aliphatic heterocycles. The molecule has 1 heteroatoms. The number of hydrogen-bond donors (Lipinski definition) is 0. The Bertz CT molecular complexity index is 158. The van der Waals surface area contributed by atoms with Crippen molar-refractivity contribution in [1.82, 2.24) is 4.90 Å². The van der Waals surface area contributed by atoms with E-state index in [1.54, 1.807) is 0 Å². The Morgan fingerprint density at radius 1 is 1.00 bits per heavy atom. The average molecular weight is 151 g/mol. The highest BCUT2D eigenvalue weighted by molar-refractivity contribution is 5.08. The summed E-state index contributed by atoms with van der Waals surface area (Å²) in [6.07, 6.45) is 8.64. The van der Waals surface area contributed by atoms with E-state index < -0.39 is 0 Å². The van der Waals surface area contributed by atoms with Crippen LogP contribution in [0.15, 0.2) is 24.3 Å². The third kappa shape index (κ3) is 2.51. The number of nitrogens with zero attached hydrogens (tertiary/aromatic N) is 1. The third-order valence-electron chi connectivity index (χ3n) is 1.98. The summed E-state index contributed by atoms with van der Waals surface area (Å²) in [6, 6.07) is 0. The Kier molecular flexibility index (Phi) is 2.50. The Labute approximate surface area is 69.4 Å². The molecule has 0 aromatic rings. The van der Waals surface area contributed by atoms with Gasteiger partial charge in [-0.1, -0.05) is 24.3 Å². The van der Waals surface area contributed by atoms with E-state index in [2.05, 4.69) is 50.0 Å². The average Bonchev–Trinajstić information content (AvgIpc) is 2.10. The summed E-state index contributed by atoms with van der Waals surface area (Å²) in [5.41, 5.74) is 0.291. The fourth-order valence-electron chi connectivity index (χ4n) is 1.16. The summed E-state index contributed by atoms with van der Waals surface area (Å²) < 4.78 is 0. The maximum absolute atomic E-state index is 2.44.